The van der Waals surface area contributed by atoms with Gasteiger partial charge in [-0.05, 0) is 50.3 Å². The highest BCUT2D eigenvalue weighted by Crippen LogP contribution is 2.28. The summed E-state index contributed by atoms with van der Waals surface area (Å²) in [4.78, 5) is 0.0448. The van der Waals surface area contributed by atoms with Gasteiger partial charge in [0.25, 0.3) is 0 Å². The molecule has 0 amide bonds. The lowest BCUT2D eigenvalue weighted by atomic mass is 10.0. The zero-order valence-corrected chi connectivity index (χ0v) is 12.2. The summed E-state index contributed by atoms with van der Waals surface area (Å²) in [7, 11) is -3.65. The first-order valence-corrected chi connectivity index (χ1v) is 8.47. The average Bonchev–Trinajstić information content (AvgIpc) is 2.71. The third-order valence-electron chi connectivity index (χ3n) is 4.23. The van der Waals surface area contributed by atoms with Crippen LogP contribution in [0.4, 0.5) is 4.39 Å². The molecule has 0 spiro atoms. The van der Waals surface area contributed by atoms with Gasteiger partial charge in [-0.2, -0.15) is 0 Å². The van der Waals surface area contributed by atoms with Crippen LogP contribution in [-0.2, 0) is 10.0 Å². The lowest BCUT2D eigenvalue weighted by Gasteiger charge is -2.29. The minimum atomic E-state index is -3.65. The first-order chi connectivity index (χ1) is 9.44. The van der Waals surface area contributed by atoms with Gasteiger partial charge in [-0.1, -0.05) is 6.07 Å². The van der Waals surface area contributed by atoms with Crippen LogP contribution in [0.3, 0.4) is 0 Å². The molecular weight excluding hydrogens is 279 g/mol. The molecule has 2 N–H and O–H groups in total. The predicted molar refractivity (Wildman–Crippen MR) is 74.4 cm³/mol. The number of halogens is 1. The Morgan fingerprint density at radius 2 is 1.90 bits per heavy atom. The number of sulfonamides is 1. The van der Waals surface area contributed by atoms with E-state index in [0.717, 1.165) is 31.7 Å². The number of benzene rings is 1. The summed E-state index contributed by atoms with van der Waals surface area (Å²) in [5.74, 6) is -0.527. The van der Waals surface area contributed by atoms with Gasteiger partial charge in [0.15, 0.2) is 0 Å². The molecule has 0 aromatic heterocycles. The number of hydrogen-bond acceptors (Lipinski definition) is 3. The summed E-state index contributed by atoms with van der Waals surface area (Å²) in [5, 5.41) is 3.47. The van der Waals surface area contributed by atoms with Crippen molar-refractivity contribution in [2.24, 2.45) is 0 Å². The maximum atomic E-state index is 13.3. The molecule has 2 aliphatic rings. The molecule has 2 saturated heterocycles. The van der Waals surface area contributed by atoms with E-state index >= 15 is 0 Å². The first kappa shape index (κ1) is 14.0. The summed E-state index contributed by atoms with van der Waals surface area (Å²) in [5.41, 5.74) is 0.566. The largest absolute Gasteiger partial charge is 0.311 e. The Hall–Kier alpha value is -0.980. The second-order valence-electron chi connectivity index (χ2n) is 5.84. The van der Waals surface area contributed by atoms with Gasteiger partial charge in [0.05, 0.1) is 4.90 Å². The van der Waals surface area contributed by atoms with Crippen LogP contribution in [0.5, 0.6) is 0 Å². The summed E-state index contributed by atoms with van der Waals surface area (Å²) < 4.78 is 40.9. The molecule has 6 heteroatoms. The summed E-state index contributed by atoms with van der Waals surface area (Å²) in [6.45, 7) is 1.68. The Morgan fingerprint density at radius 3 is 2.55 bits per heavy atom. The Bertz CT molecular complexity index is 606. The van der Waals surface area contributed by atoms with Crippen LogP contribution in [0.2, 0.25) is 0 Å². The summed E-state index contributed by atoms with van der Waals surface area (Å²) in [6, 6.07) is 4.63. The van der Waals surface area contributed by atoms with Crippen molar-refractivity contribution in [2.75, 3.05) is 0 Å². The number of rotatable bonds is 3. The highest BCUT2D eigenvalue weighted by molar-refractivity contribution is 7.89. The minimum Gasteiger partial charge on any atom is -0.311 e. The lowest BCUT2D eigenvalue weighted by molar-refractivity contribution is 0.345. The molecule has 2 atom stereocenters. The average molecular weight is 298 g/mol. The van der Waals surface area contributed by atoms with E-state index in [2.05, 4.69) is 10.0 Å². The molecule has 110 valence electrons. The monoisotopic (exact) mass is 298 g/mol. The normalized spacial score (nSPS) is 29.6. The third kappa shape index (κ3) is 2.73. The van der Waals surface area contributed by atoms with Gasteiger partial charge in [-0.15, -0.1) is 0 Å². The summed E-state index contributed by atoms with van der Waals surface area (Å²) >= 11 is 0. The van der Waals surface area contributed by atoms with E-state index in [1.807, 2.05) is 0 Å². The molecule has 0 radical (unpaired) electrons. The van der Waals surface area contributed by atoms with Crippen LogP contribution < -0.4 is 10.0 Å². The van der Waals surface area contributed by atoms with Crippen molar-refractivity contribution in [3.05, 3.63) is 29.6 Å². The van der Waals surface area contributed by atoms with E-state index in [4.69, 9.17) is 0 Å². The second kappa shape index (κ2) is 5.09. The molecule has 0 aliphatic carbocycles. The van der Waals surface area contributed by atoms with E-state index in [-0.39, 0.29) is 10.9 Å². The summed E-state index contributed by atoms with van der Waals surface area (Å²) in [6.07, 6.45) is 3.85. The van der Waals surface area contributed by atoms with E-state index in [0.29, 0.717) is 17.6 Å². The molecule has 1 aromatic carbocycles. The van der Waals surface area contributed by atoms with Crippen LogP contribution in [0, 0.1) is 12.7 Å². The molecule has 2 unspecified atom stereocenters. The van der Waals surface area contributed by atoms with E-state index < -0.39 is 15.8 Å². The highest BCUT2D eigenvalue weighted by Gasteiger charge is 2.35. The lowest BCUT2D eigenvalue weighted by Crippen LogP contribution is -2.48. The Labute approximate surface area is 118 Å². The maximum absolute atomic E-state index is 13.3. The van der Waals surface area contributed by atoms with Crippen LogP contribution in [0.25, 0.3) is 0 Å². The van der Waals surface area contributed by atoms with Gasteiger partial charge in [-0.3, -0.25) is 0 Å². The van der Waals surface area contributed by atoms with Crippen LogP contribution in [0.15, 0.2) is 23.1 Å². The number of piperidine rings is 1. The molecule has 2 fully saturated rings. The SMILES string of the molecule is Cc1ccc(F)cc1S(=O)(=O)NC1CC2CCC(C1)N2. The number of fused-ring (bicyclic) bond motifs is 2. The topological polar surface area (TPSA) is 58.2 Å². The Morgan fingerprint density at radius 1 is 1.25 bits per heavy atom. The Kier molecular flexibility index (Phi) is 3.56. The molecule has 20 heavy (non-hydrogen) atoms. The van der Waals surface area contributed by atoms with E-state index in [1.54, 1.807) is 6.92 Å². The molecular formula is C14H19FN2O2S. The smallest absolute Gasteiger partial charge is 0.241 e. The molecule has 3 rings (SSSR count). The van der Waals surface area contributed by atoms with Crippen molar-refractivity contribution < 1.29 is 12.8 Å². The zero-order chi connectivity index (χ0) is 14.3. The van der Waals surface area contributed by atoms with E-state index in [9.17, 15) is 12.8 Å². The van der Waals surface area contributed by atoms with Crippen LogP contribution >= 0.6 is 0 Å². The van der Waals surface area contributed by atoms with Crippen molar-refractivity contribution in [1.82, 2.24) is 10.0 Å². The Balaban J connectivity index is 1.80. The molecule has 2 aliphatic heterocycles. The second-order valence-corrected chi connectivity index (χ2v) is 7.52. The van der Waals surface area contributed by atoms with Gasteiger partial charge in [0.1, 0.15) is 5.82 Å². The predicted octanol–water partition coefficient (Wildman–Crippen LogP) is 1.70. The van der Waals surface area contributed by atoms with Crippen molar-refractivity contribution in [3.63, 3.8) is 0 Å². The van der Waals surface area contributed by atoms with Crippen LogP contribution in [0.1, 0.15) is 31.2 Å². The zero-order valence-electron chi connectivity index (χ0n) is 11.4. The van der Waals surface area contributed by atoms with Crippen LogP contribution in [-0.4, -0.2) is 26.5 Å². The van der Waals surface area contributed by atoms with Gasteiger partial charge < -0.3 is 5.32 Å². The molecule has 2 bridgehead atoms. The fraction of sp³-hybridized carbons (Fsp3) is 0.571. The first-order valence-electron chi connectivity index (χ1n) is 6.98. The van der Waals surface area contributed by atoms with Gasteiger partial charge in [0.2, 0.25) is 10.0 Å². The fourth-order valence-corrected chi connectivity index (χ4v) is 4.82. The maximum Gasteiger partial charge on any atom is 0.241 e. The van der Waals surface area contributed by atoms with Crippen molar-refractivity contribution >= 4 is 10.0 Å². The number of aryl methyl sites for hydroxylation is 1. The number of hydrogen-bond donors (Lipinski definition) is 2. The van der Waals surface area contributed by atoms with Crippen molar-refractivity contribution in [2.45, 2.75) is 55.6 Å². The third-order valence-corrected chi connectivity index (χ3v) is 5.90. The van der Waals surface area contributed by atoms with Gasteiger partial charge in [-0.25, -0.2) is 17.5 Å². The molecule has 4 nitrogen and oxygen atoms in total. The molecule has 2 heterocycles. The molecule has 0 saturated carbocycles. The van der Waals surface area contributed by atoms with Gasteiger partial charge >= 0.3 is 0 Å². The standard InChI is InChI=1S/C14H19FN2O2S/c1-9-2-3-10(15)6-14(9)20(18,19)17-13-7-11-4-5-12(8-13)16-11/h2-3,6,11-13,16-17H,4-5,7-8H2,1H3. The number of nitrogens with one attached hydrogen (secondary N) is 2. The van der Waals surface area contributed by atoms with Gasteiger partial charge in [0, 0.05) is 18.1 Å². The fourth-order valence-electron chi connectivity index (χ4n) is 3.30. The quantitative estimate of drug-likeness (QED) is 0.893. The van der Waals surface area contributed by atoms with Crippen molar-refractivity contribution in [3.8, 4) is 0 Å². The van der Waals surface area contributed by atoms with E-state index in [1.165, 1.54) is 12.1 Å². The molecule has 1 aromatic rings. The highest BCUT2D eigenvalue weighted by atomic mass is 32.2. The van der Waals surface area contributed by atoms with Crippen molar-refractivity contribution in [1.29, 1.82) is 0 Å². The minimum absolute atomic E-state index is 0.0448.